The van der Waals surface area contributed by atoms with E-state index in [0.717, 1.165) is 32.6 Å². The maximum atomic E-state index is 9.73. The molecule has 26 heavy (non-hydrogen) atoms. The van der Waals surface area contributed by atoms with Gasteiger partial charge in [0, 0.05) is 46.2 Å². The van der Waals surface area contributed by atoms with E-state index in [0.29, 0.717) is 24.5 Å². The number of rotatable bonds is 5. The molecule has 4 N–H and O–H groups in total. The molecule has 128 valence electrons. The number of anilines is 1. The Morgan fingerprint density at radius 2 is 2.08 bits per heavy atom. The van der Waals surface area contributed by atoms with Crippen LogP contribution < -0.4 is 11.1 Å². The van der Waals surface area contributed by atoms with E-state index in [9.17, 15) is 5.26 Å². The number of aromatic nitrogens is 2. The van der Waals surface area contributed by atoms with Crippen molar-refractivity contribution in [3.05, 3.63) is 59.6 Å². The molecule has 0 unspecified atom stereocenters. The van der Waals surface area contributed by atoms with Gasteiger partial charge >= 0.3 is 0 Å². The van der Waals surface area contributed by atoms with Crippen molar-refractivity contribution in [3.8, 4) is 27.8 Å². The SMILES string of the molecule is N#Cc1c(-c2cccs2)cc(-c2c[nH]c3ccccc23)nc1NCCN. The molecule has 4 rings (SSSR count). The predicted molar refractivity (Wildman–Crippen MR) is 107 cm³/mol. The van der Waals surface area contributed by atoms with Gasteiger partial charge in [0.25, 0.3) is 0 Å². The zero-order chi connectivity index (χ0) is 17.9. The number of nitrogens with zero attached hydrogens (tertiary/aromatic N) is 2. The summed E-state index contributed by atoms with van der Waals surface area (Å²) in [6, 6.07) is 16.4. The molecule has 0 bridgehead atoms. The molecule has 0 amide bonds. The van der Waals surface area contributed by atoms with Gasteiger partial charge in [-0.05, 0) is 23.6 Å². The fourth-order valence-corrected chi connectivity index (χ4v) is 3.77. The normalized spacial score (nSPS) is 10.8. The summed E-state index contributed by atoms with van der Waals surface area (Å²) in [7, 11) is 0. The molecule has 4 aromatic rings. The minimum Gasteiger partial charge on any atom is -0.368 e. The number of fused-ring (bicyclic) bond motifs is 1. The molecule has 3 aromatic heterocycles. The van der Waals surface area contributed by atoms with Gasteiger partial charge in [0.15, 0.2) is 0 Å². The average Bonchev–Trinajstić information content (AvgIpc) is 3.35. The van der Waals surface area contributed by atoms with Crippen molar-refractivity contribution < 1.29 is 0 Å². The number of nitrogens with one attached hydrogen (secondary N) is 2. The van der Waals surface area contributed by atoms with E-state index in [1.807, 2.05) is 48.0 Å². The first-order chi connectivity index (χ1) is 12.8. The minimum atomic E-state index is 0.470. The van der Waals surface area contributed by atoms with Gasteiger partial charge in [-0.2, -0.15) is 5.26 Å². The first-order valence-corrected chi connectivity index (χ1v) is 9.19. The molecule has 3 heterocycles. The molecule has 0 radical (unpaired) electrons. The standard InChI is InChI=1S/C20H17N5S/c21-7-8-23-20-15(11-22)14(19-6-3-9-26-19)10-18(25-20)16-12-24-17-5-2-1-4-13(16)17/h1-6,9-10,12,24H,7-8,21H2,(H,23,25). The summed E-state index contributed by atoms with van der Waals surface area (Å²) in [5.41, 5.74) is 9.96. The maximum Gasteiger partial charge on any atom is 0.145 e. The molecule has 0 atom stereocenters. The zero-order valence-corrected chi connectivity index (χ0v) is 14.8. The maximum absolute atomic E-state index is 9.73. The smallest absolute Gasteiger partial charge is 0.145 e. The third-order valence-corrected chi connectivity index (χ3v) is 5.12. The van der Waals surface area contributed by atoms with Gasteiger partial charge in [-0.15, -0.1) is 11.3 Å². The average molecular weight is 359 g/mol. The molecule has 0 aliphatic rings. The van der Waals surface area contributed by atoms with Crippen LogP contribution in [-0.2, 0) is 0 Å². The fraction of sp³-hybridized carbons (Fsp3) is 0.100. The summed E-state index contributed by atoms with van der Waals surface area (Å²) < 4.78 is 0. The largest absolute Gasteiger partial charge is 0.368 e. The number of H-pyrrole nitrogens is 1. The second-order valence-electron chi connectivity index (χ2n) is 5.83. The van der Waals surface area contributed by atoms with Gasteiger partial charge < -0.3 is 16.0 Å². The van der Waals surface area contributed by atoms with E-state index in [-0.39, 0.29) is 0 Å². The number of pyridine rings is 1. The minimum absolute atomic E-state index is 0.470. The molecule has 5 nitrogen and oxygen atoms in total. The van der Waals surface area contributed by atoms with E-state index >= 15 is 0 Å². The van der Waals surface area contributed by atoms with E-state index in [1.165, 1.54) is 0 Å². The highest BCUT2D eigenvalue weighted by Crippen LogP contribution is 2.36. The van der Waals surface area contributed by atoms with Crippen LogP contribution in [0.25, 0.3) is 32.6 Å². The Balaban J connectivity index is 1.95. The number of benzene rings is 1. The van der Waals surface area contributed by atoms with Gasteiger partial charge in [0.2, 0.25) is 0 Å². The second-order valence-corrected chi connectivity index (χ2v) is 6.78. The number of aromatic amines is 1. The van der Waals surface area contributed by atoms with Crippen LogP contribution in [0.5, 0.6) is 0 Å². The van der Waals surface area contributed by atoms with Crippen LogP contribution in [-0.4, -0.2) is 23.1 Å². The van der Waals surface area contributed by atoms with Crippen LogP contribution in [0.3, 0.4) is 0 Å². The van der Waals surface area contributed by atoms with Crippen LogP contribution >= 0.6 is 11.3 Å². The third-order valence-electron chi connectivity index (χ3n) is 4.22. The van der Waals surface area contributed by atoms with Crippen molar-refractivity contribution in [2.45, 2.75) is 0 Å². The van der Waals surface area contributed by atoms with E-state index in [2.05, 4.69) is 22.4 Å². The number of nitrogens with two attached hydrogens (primary N) is 1. The third kappa shape index (κ3) is 2.84. The number of hydrogen-bond donors (Lipinski definition) is 3. The van der Waals surface area contributed by atoms with E-state index in [1.54, 1.807) is 11.3 Å². The topological polar surface area (TPSA) is 90.5 Å². The Hall–Kier alpha value is -3.14. The summed E-state index contributed by atoms with van der Waals surface area (Å²) >= 11 is 1.61. The molecule has 0 saturated heterocycles. The van der Waals surface area contributed by atoms with Crippen LogP contribution in [0, 0.1) is 11.3 Å². The summed E-state index contributed by atoms with van der Waals surface area (Å²) in [5.74, 6) is 0.573. The van der Waals surface area contributed by atoms with Gasteiger partial charge in [-0.3, -0.25) is 0 Å². The Morgan fingerprint density at radius 3 is 2.85 bits per heavy atom. The summed E-state index contributed by atoms with van der Waals surface area (Å²) in [4.78, 5) is 9.07. The highest BCUT2D eigenvalue weighted by Gasteiger charge is 2.17. The van der Waals surface area contributed by atoms with Crippen molar-refractivity contribution in [3.63, 3.8) is 0 Å². The first kappa shape index (κ1) is 16.3. The monoisotopic (exact) mass is 359 g/mol. The second kappa shape index (κ2) is 7.00. The molecule has 1 aromatic carbocycles. The Morgan fingerprint density at radius 1 is 1.19 bits per heavy atom. The van der Waals surface area contributed by atoms with E-state index in [4.69, 9.17) is 10.7 Å². The lowest BCUT2D eigenvalue weighted by atomic mass is 10.0. The molecular weight excluding hydrogens is 342 g/mol. The molecule has 6 heteroatoms. The molecular formula is C20H17N5S. The molecule has 0 saturated carbocycles. The summed E-state index contributed by atoms with van der Waals surface area (Å²) in [6.45, 7) is 1.03. The number of hydrogen-bond acceptors (Lipinski definition) is 5. The Bertz CT molecular complexity index is 1090. The summed E-state index contributed by atoms with van der Waals surface area (Å²) in [5, 5.41) is 16.0. The van der Waals surface area contributed by atoms with Crippen LogP contribution in [0.2, 0.25) is 0 Å². The van der Waals surface area contributed by atoms with Crippen molar-refractivity contribution in [2.24, 2.45) is 5.73 Å². The summed E-state index contributed by atoms with van der Waals surface area (Å²) in [6.07, 6.45) is 1.96. The molecule has 0 aliphatic heterocycles. The van der Waals surface area contributed by atoms with Crippen molar-refractivity contribution in [1.82, 2.24) is 9.97 Å². The van der Waals surface area contributed by atoms with Crippen molar-refractivity contribution in [2.75, 3.05) is 18.4 Å². The Labute approximate surface area is 155 Å². The van der Waals surface area contributed by atoms with Gasteiger partial charge in [-0.25, -0.2) is 4.98 Å². The lowest BCUT2D eigenvalue weighted by Crippen LogP contribution is -2.15. The molecule has 0 spiro atoms. The fourth-order valence-electron chi connectivity index (χ4n) is 3.02. The number of para-hydroxylation sites is 1. The van der Waals surface area contributed by atoms with Crippen molar-refractivity contribution >= 4 is 28.1 Å². The van der Waals surface area contributed by atoms with Gasteiger partial charge in [0.05, 0.1) is 5.69 Å². The molecule has 0 fully saturated rings. The predicted octanol–water partition coefficient (Wildman–Crippen LogP) is 4.20. The van der Waals surface area contributed by atoms with Gasteiger partial charge in [0.1, 0.15) is 17.5 Å². The van der Waals surface area contributed by atoms with Crippen LogP contribution in [0.4, 0.5) is 5.82 Å². The number of nitriles is 1. The lowest BCUT2D eigenvalue weighted by Gasteiger charge is -2.12. The number of thiophene rings is 1. The highest BCUT2D eigenvalue weighted by atomic mass is 32.1. The molecule has 0 aliphatic carbocycles. The van der Waals surface area contributed by atoms with E-state index < -0.39 is 0 Å². The zero-order valence-electron chi connectivity index (χ0n) is 14.0. The Kier molecular flexibility index (Phi) is 4.40. The van der Waals surface area contributed by atoms with Crippen LogP contribution in [0.15, 0.2) is 54.0 Å². The highest BCUT2D eigenvalue weighted by molar-refractivity contribution is 7.13. The van der Waals surface area contributed by atoms with Crippen molar-refractivity contribution in [1.29, 1.82) is 5.26 Å². The quantitative estimate of drug-likeness (QED) is 0.498. The van der Waals surface area contributed by atoms with Gasteiger partial charge in [-0.1, -0.05) is 24.3 Å². The first-order valence-electron chi connectivity index (χ1n) is 8.31. The lowest BCUT2D eigenvalue weighted by molar-refractivity contribution is 1.01. The van der Waals surface area contributed by atoms with Crippen LogP contribution in [0.1, 0.15) is 5.56 Å².